The second kappa shape index (κ2) is 9.12. The molecule has 34 heavy (non-hydrogen) atoms. The van der Waals surface area contributed by atoms with Crippen LogP contribution in [0, 0.1) is 0 Å². The Hall–Kier alpha value is -1.61. The molecule has 0 bridgehead atoms. The van der Waals surface area contributed by atoms with Gasteiger partial charge in [0, 0.05) is 24.0 Å². The molecular weight excluding hydrogens is 571 g/mol. The van der Waals surface area contributed by atoms with E-state index in [-0.39, 0.29) is 26.4 Å². The summed E-state index contributed by atoms with van der Waals surface area (Å²) < 4.78 is 18.9. The number of fused-ring (bicyclic) bond motifs is 2. The van der Waals surface area contributed by atoms with Crippen molar-refractivity contribution >= 4 is 69.6 Å². The van der Waals surface area contributed by atoms with Crippen molar-refractivity contribution in [3.63, 3.8) is 0 Å². The monoisotopic (exact) mass is 581 g/mol. The van der Waals surface area contributed by atoms with Crippen molar-refractivity contribution in [3.8, 4) is 45.8 Å². The molecule has 2 aromatic carbocycles. The second-order valence-electron chi connectivity index (χ2n) is 7.44. The Morgan fingerprint density at radius 2 is 1.00 bits per heavy atom. The first-order chi connectivity index (χ1) is 16.1. The van der Waals surface area contributed by atoms with Crippen LogP contribution in [0.3, 0.4) is 0 Å². The molecule has 0 amide bonds. The van der Waals surface area contributed by atoms with Gasteiger partial charge in [0.1, 0.15) is 6.33 Å². The summed E-state index contributed by atoms with van der Waals surface area (Å²) in [5.41, 5.74) is 2.52. The van der Waals surface area contributed by atoms with Gasteiger partial charge in [0.25, 0.3) is 0 Å². The Morgan fingerprint density at radius 1 is 0.618 bits per heavy atom. The van der Waals surface area contributed by atoms with Gasteiger partial charge in [-0.1, -0.05) is 69.6 Å². The minimum Gasteiger partial charge on any atom is -0.454 e. The highest BCUT2D eigenvalue weighted by molar-refractivity contribution is 6.68. The van der Waals surface area contributed by atoms with Gasteiger partial charge in [-0.2, -0.15) is 0 Å². The number of aromatic nitrogens is 3. The van der Waals surface area contributed by atoms with E-state index in [0.717, 1.165) is 0 Å². The Bertz CT molecular complexity index is 1170. The maximum Gasteiger partial charge on any atom is 0.231 e. The first kappa shape index (κ1) is 24.1. The number of hydrogen-bond donors (Lipinski definition) is 0. The molecule has 0 atom stereocenters. The topological polar surface area (TPSA) is 75.6 Å². The predicted octanol–water partition coefficient (Wildman–Crippen LogP) is 6.49. The lowest BCUT2D eigenvalue weighted by Gasteiger charge is -2.16. The molecule has 0 radical (unpaired) electrons. The quantitative estimate of drug-likeness (QED) is 0.325. The lowest BCUT2D eigenvalue weighted by Crippen LogP contribution is -2.10. The number of ether oxygens (including phenoxy) is 4. The molecule has 178 valence electrons. The van der Waals surface area contributed by atoms with E-state index in [1.807, 2.05) is 0 Å². The Morgan fingerprint density at radius 3 is 1.38 bits per heavy atom. The van der Waals surface area contributed by atoms with E-state index in [1.165, 1.54) is 6.33 Å². The number of halogens is 6. The first-order valence-corrected chi connectivity index (χ1v) is 12.0. The van der Waals surface area contributed by atoms with Crippen molar-refractivity contribution < 1.29 is 18.9 Å². The van der Waals surface area contributed by atoms with Crippen molar-refractivity contribution in [2.45, 2.75) is 20.4 Å². The van der Waals surface area contributed by atoms with Crippen LogP contribution in [0.1, 0.15) is 11.1 Å². The molecule has 0 N–H and O–H groups in total. The highest BCUT2D eigenvalue weighted by atomic mass is 35.6. The van der Waals surface area contributed by atoms with E-state index < -0.39 is 7.59 Å². The van der Waals surface area contributed by atoms with Gasteiger partial charge in [-0.15, -0.1) is 0 Å². The summed E-state index contributed by atoms with van der Waals surface area (Å²) in [4.78, 5) is 13.4. The zero-order valence-corrected chi connectivity index (χ0v) is 21.5. The molecule has 0 saturated heterocycles. The average molecular weight is 584 g/mol. The van der Waals surface area contributed by atoms with E-state index in [2.05, 4.69) is 15.0 Å². The molecule has 0 fully saturated rings. The van der Waals surface area contributed by atoms with Gasteiger partial charge < -0.3 is 18.9 Å². The number of hydrogen-bond acceptors (Lipinski definition) is 7. The molecule has 1 aromatic heterocycles. The largest absolute Gasteiger partial charge is 0.454 e. The standard InChI is InChI=1S/C21H13Cl6N3O4/c22-20(23,24)5-10-1-14-16(33-8-31-14)3-12(10)18-28-7-29-19(30-18)13-4-17-15(32-9-34-17)2-11(13)6-21(25,26)27/h1-4,7H,5-6,8-9H2. The summed E-state index contributed by atoms with van der Waals surface area (Å²) in [6.07, 6.45) is 1.56. The Kier molecular flexibility index (Phi) is 6.46. The van der Waals surface area contributed by atoms with Crippen LogP contribution in [-0.4, -0.2) is 36.1 Å². The van der Waals surface area contributed by atoms with Crippen molar-refractivity contribution in [1.29, 1.82) is 0 Å². The molecule has 0 aliphatic carbocycles. The molecule has 7 nitrogen and oxygen atoms in total. The van der Waals surface area contributed by atoms with E-state index >= 15 is 0 Å². The van der Waals surface area contributed by atoms with E-state index in [0.29, 0.717) is 56.9 Å². The summed E-state index contributed by atoms with van der Waals surface area (Å²) in [5.74, 6) is 2.83. The third-order valence-electron chi connectivity index (χ3n) is 5.03. The van der Waals surface area contributed by atoms with Crippen LogP contribution in [-0.2, 0) is 12.8 Å². The van der Waals surface area contributed by atoms with Crippen LogP contribution >= 0.6 is 69.6 Å². The SMILES string of the molecule is ClC(Cl)(Cl)Cc1cc2c(cc1-c1ncnc(-c3cc4c(cc3CC(Cl)(Cl)Cl)OCO4)n1)OCO2. The molecule has 0 spiro atoms. The van der Waals surface area contributed by atoms with Gasteiger partial charge in [-0.05, 0) is 35.4 Å². The fraction of sp³-hybridized carbons (Fsp3) is 0.286. The fourth-order valence-electron chi connectivity index (χ4n) is 3.66. The van der Waals surface area contributed by atoms with Crippen molar-refractivity contribution in [2.24, 2.45) is 0 Å². The smallest absolute Gasteiger partial charge is 0.231 e. The fourth-order valence-corrected chi connectivity index (χ4v) is 4.53. The van der Waals surface area contributed by atoms with Gasteiger partial charge in [-0.3, -0.25) is 0 Å². The molecule has 0 unspecified atom stereocenters. The number of alkyl halides is 6. The van der Waals surface area contributed by atoms with Crippen LogP contribution in [0.25, 0.3) is 22.8 Å². The number of rotatable bonds is 4. The van der Waals surface area contributed by atoms with Crippen LogP contribution < -0.4 is 18.9 Å². The maximum atomic E-state index is 6.08. The van der Waals surface area contributed by atoms with E-state index in [9.17, 15) is 0 Å². The Balaban J connectivity index is 1.62. The summed E-state index contributed by atoms with van der Waals surface area (Å²) in [6.45, 7) is 0.179. The second-order valence-corrected chi connectivity index (χ2v) is 12.5. The molecule has 2 aliphatic rings. The summed E-state index contributed by atoms with van der Waals surface area (Å²) in [6, 6.07) is 6.99. The normalized spacial score (nSPS) is 14.5. The highest BCUT2D eigenvalue weighted by Gasteiger charge is 2.29. The number of nitrogens with zero attached hydrogens (tertiary/aromatic N) is 3. The third-order valence-corrected chi connectivity index (χ3v) is 5.83. The van der Waals surface area contributed by atoms with Gasteiger partial charge in [0.15, 0.2) is 42.2 Å². The molecular formula is C21H13Cl6N3O4. The molecule has 2 aliphatic heterocycles. The van der Waals surface area contributed by atoms with Crippen LogP contribution in [0.15, 0.2) is 30.6 Å². The first-order valence-electron chi connectivity index (χ1n) is 9.74. The minimum absolute atomic E-state index is 0.0893. The summed E-state index contributed by atoms with van der Waals surface area (Å²) in [5, 5.41) is 0. The lowest BCUT2D eigenvalue weighted by molar-refractivity contribution is 0.173. The predicted molar refractivity (Wildman–Crippen MR) is 131 cm³/mol. The van der Waals surface area contributed by atoms with Gasteiger partial charge in [0.2, 0.25) is 13.6 Å². The average Bonchev–Trinajstić information content (AvgIpc) is 3.38. The van der Waals surface area contributed by atoms with Crippen molar-refractivity contribution in [2.75, 3.05) is 13.6 Å². The zero-order chi connectivity index (χ0) is 24.1. The maximum absolute atomic E-state index is 6.08. The van der Waals surface area contributed by atoms with Gasteiger partial charge in [0.05, 0.1) is 0 Å². The van der Waals surface area contributed by atoms with Gasteiger partial charge >= 0.3 is 0 Å². The Labute approximate surface area is 224 Å². The highest BCUT2D eigenvalue weighted by Crippen LogP contribution is 2.43. The lowest BCUT2D eigenvalue weighted by atomic mass is 10.0. The van der Waals surface area contributed by atoms with Crippen LogP contribution in [0.5, 0.6) is 23.0 Å². The van der Waals surface area contributed by atoms with Crippen molar-refractivity contribution in [3.05, 3.63) is 41.7 Å². The van der Waals surface area contributed by atoms with Crippen LogP contribution in [0.4, 0.5) is 0 Å². The van der Waals surface area contributed by atoms with E-state index in [4.69, 9.17) is 88.6 Å². The summed E-state index contributed by atoms with van der Waals surface area (Å²) in [7, 11) is 0. The minimum atomic E-state index is -1.55. The molecule has 5 rings (SSSR count). The molecule has 3 heterocycles. The van der Waals surface area contributed by atoms with Gasteiger partial charge in [-0.25, -0.2) is 15.0 Å². The third kappa shape index (κ3) is 5.30. The number of benzene rings is 2. The molecule has 13 heteroatoms. The van der Waals surface area contributed by atoms with E-state index in [1.54, 1.807) is 24.3 Å². The van der Waals surface area contributed by atoms with Crippen LogP contribution in [0.2, 0.25) is 0 Å². The zero-order valence-electron chi connectivity index (χ0n) is 17.0. The van der Waals surface area contributed by atoms with Crippen molar-refractivity contribution in [1.82, 2.24) is 15.0 Å². The summed E-state index contributed by atoms with van der Waals surface area (Å²) >= 11 is 36.5. The molecule has 0 saturated carbocycles. The molecule has 3 aromatic rings.